The number of aromatic nitrogens is 2. The number of nitrogens with one attached hydrogen (secondary N) is 1. The number of ether oxygens (including phenoxy) is 1. The largest absolute Gasteiger partial charge is 0.497 e. The number of amides is 1. The smallest absolute Gasteiger partial charge is 0.227 e. The fourth-order valence-electron chi connectivity index (χ4n) is 2.37. The van der Waals surface area contributed by atoms with E-state index in [-0.39, 0.29) is 11.9 Å². The molecule has 0 aliphatic heterocycles. The second-order valence-corrected chi connectivity index (χ2v) is 6.50. The number of nitrogens with zero attached hydrogens (tertiary/aromatic N) is 2. The van der Waals surface area contributed by atoms with Gasteiger partial charge in [0, 0.05) is 12.8 Å². The lowest BCUT2D eigenvalue weighted by atomic mass is 10.1. The van der Waals surface area contributed by atoms with Gasteiger partial charge in [-0.3, -0.25) is 4.79 Å². The summed E-state index contributed by atoms with van der Waals surface area (Å²) < 4.78 is 10.3. The Morgan fingerprint density at radius 2 is 2.12 bits per heavy atom. The quantitative estimate of drug-likeness (QED) is 0.699. The lowest BCUT2D eigenvalue weighted by molar-refractivity contribution is -0.121. The van der Waals surface area contributed by atoms with E-state index in [4.69, 9.17) is 9.26 Å². The number of benzene rings is 1. The zero-order chi connectivity index (χ0) is 17.6. The highest BCUT2D eigenvalue weighted by Gasteiger charge is 2.13. The molecule has 0 radical (unpaired) electrons. The molecular formula is C18H19N3O3S. The van der Waals surface area contributed by atoms with Gasteiger partial charge in [-0.2, -0.15) is 4.98 Å². The normalized spacial score (nSPS) is 11.9. The van der Waals surface area contributed by atoms with Gasteiger partial charge >= 0.3 is 0 Å². The molecule has 3 aromatic rings. The number of carbonyl (C=O) groups excluding carboxylic acids is 1. The van der Waals surface area contributed by atoms with Gasteiger partial charge in [-0.15, -0.1) is 11.3 Å². The summed E-state index contributed by atoms with van der Waals surface area (Å²) in [4.78, 5) is 17.4. The maximum Gasteiger partial charge on any atom is 0.227 e. The molecule has 0 bridgehead atoms. The Morgan fingerprint density at radius 3 is 2.80 bits per heavy atom. The van der Waals surface area contributed by atoms with E-state index in [0.29, 0.717) is 24.6 Å². The molecule has 2 heterocycles. The predicted molar refractivity (Wildman–Crippen MR) is 95.5 cm³/mol. The van der Waals surface area contributed by atoms with E-state index in [1.165, 1.54) is 0 Å². The minimum Gasteiger partial charge on any atom is -0.497 e. The molecule has 0 spiro atoms. The van der Waals surface area contributed by atoms with Gasteiger partial charge in [0.1, 0.15) is 5.75 Å². The van der Waals surface area contributed by atoms with Crippen LogP contribution in [0.4, 0.5) is 0 Å². The molecule has 0 aliphatic rings. The average Bonchev–Trinajstić information content (AvgIpc) is 3.31. The SMILES string of the molecule is COc1ccc([C@@H](C)NC(=O)CCc2nc(-c3cccs3)no2)cc1. The van der Waals surface area contributed by atoms with Crippen molar-refractivity contribution >= 4 is 17.2 Å². The number of carbonyl (C=O) groups is 1. The van der Waals surface area contributed by atoms with Crippen molar-refractivity contribution in [2.24, 2.45) is 0 Å². The van der Waals surface area contributed by atoms with Crippen molar-refractivity contribution < 1.29 is 14.1 Å². The van der Waals surface area contributed by atoms with E-state index in [9.17, 15) is 4.79 Å². The lowest BCUT2D eigenvalue weighted by Gasteiger charge is -2.14. The summed E-state index contributed by atoms with van der Waals surface area (Å²) in [7, 11) is 1.63. The van der Waals surface area contributed by atoms with Gasteiger partial charge in [0.25, 0.3) is 0 Å². The second-order valence-electron chi connectivity index (χ2n) is 5.55. The van der Waals surface area contributed by atoms with E-state index in [1.807, 2.05) is 48.7 Å². The summed E-state index contributed by atoms with van der Waals surface area (Å²) in [6, 6.07) is 11.4. The number of methoxy groups -OCH3 is 1. The Hall–Kier alpha value is -2.67. The van der Waals surface area contributed by atoms with Crippen molar-refractivity contribution in [1.29, 1.82) is 0 Å². The summed E-state index contributed by atoms with van der Waals surface area (Å²) in [6.07, 6.45) is 0.714. The molecule has 0 aliphatic carbocycles. The molecule has 0 saturated heterocycles. The highest BCUT2D eigenvalue weighted by atomic mass is 32.1. The second kappa shape index (κ2) is 7.94. The minimum atomic E-state index is -0.0808. The lowest BCUT2D eigenvalue weighted by Crippen LogP contribution is -2.26. The summed E-state index contributed by atoms with van der Waals surface area (Å²) in [6.45, 7) is 1.95. The molecule has 6 nitrogen and oxygen atoms in total. The summed E-state index contributed by atoms with van der Waals surface area (Å²) in [5, 5.41) is 8.87. The van der Waals surface area contributed by atoms with Crippen molar-refractivity contribution in [1.82, 2.24) is 15.5 Å². The summed E-state index contributed by atoms with van der Waals surface area (Å²) >= 11 is 1.55. The molecule has 130 valence electrons. The van der Waals surface area contributed by atoms with Crippen LogP contribution in [0.25, 0.3) is 10.7 Å². The molecular weight excluding hydrogens is 338 g/mol. The Kier molecular flexibility index (Phi) is 5.45. The van der Waals surface area contributed by atoms with Crippen molar-refractivity contribution in [3.05, 3.63) is 53.2 Å². The Bertz CT molecular complexity index is 812. The maximum atomic E-state index is 12.1. The van der Waals surface area contributed by atoms with Crippen LogP contribution in [-0.4, -0.2) is 23.2 Å². The van der Waals surface area contributed by atoms with Crippen LogP contribution < -0.4 is 10.1 Å². The highest BCUT2D eigenvalue weighted by molar-refractivity contribution is 7.13. The van der Waals surface area contributed by atoms with E-state index < -0.39 is 0 Å². The molecule has 0 fully saturated rings. The molecule has 25 heavy (non-hydrogen) atoms. The third-order valence-corrected chi connectivity index (χ3v) is 4.63. The van der Waals surface area contributed by atoms with Gasteiger partial charge < -0.3 is 14.6 Å². The van der Waals surface area contributed by atoms with E-state index in [2.05, 4.69) is 15.5 Å². The zero-order valence-corrected chi connectivity index (χ0v) is 14.9. The molecule has 1 aromatic carbocycles. The van der Waals surface area contributed by atoms with Crippen molar-refractivity contribution in [2.75, 3.05) is 7.11 Å². The molecule has 1 atom stereocenters. The molecule has 1 N–H and O–H groups in total. The first-order valence-corrected chi connectivity index (χ1v) is 8.83. The fraction of sp³-hybridized carbons (Fsp3) is 0.278. The van der Waals surface area contributed by atoms with Gasteiger partial charge in [-0.25, -0.2) is 0 Å². The molecule has 3 rings (SSSR count). The van der Waals surface area contributed by atoms with Crippen molar-refractivity contribution in [3.8, 4) is 16.5 Å². The monoisotopic (exact) mass is 357 g/mol. The van der Waals surface area contributed by atoms with Gasteiger partial charge in [-0.1, -0.05) is 23.4 Å². The topological polar surface area (TPSA) is 77.2 Å². The zero-order valence-electron chi connectivity index (χ0n) is 14.1. The van der Waals surface area contributed by atoms with Crippen LogP contribution in [0.1, 0.15) is 30.8 Å². The van der Waals surface area contributed by atoms with Crippen LogP contribution in [0.3, 0.4) is 0 Å². The third-order valence-electron chi connectivity index (χ3n) is 3.77. The summed E-state index contributed by atoms with van der Waals surface area (Å²) in [5.41, 5.74) is 1.02. The molecule has 0 saturated carbocycles. The molecule has 2 aromatic heterocycles. The molecule has 1 amide bonds. The first-order valence-electron chi connectivity index (χ1n) is 7.95. The van der Waals surface area contributed by atoms with Crippen molar-refractivity contribution in [3.63, 3.8) is 0 Å². The Morgan fingerprint density at radius 1 is 1.32 bits per heavy atom. The summed E-state index contributed by atoms with van der Waals surface area (Å²) in [5.74, 6) is 1.77. The van der Waals surface area contributed by atoms with Crippen LogP contribution in [0.2, 0.25) is 0 Å². The molecule has 7 heteroatoms. The number of thiophene rings is 1. The number of hydrogen-bond donors (Lipinski definition) is 1. The Labute approximate surface area is 149 Å². The van der Waals surface area contributed by atoms with Gasteiger partial charge in [-0.05, 0) is 36.1 Å². The number of aryl methyl sites for hydroxylation is 1. The fourth-order valence-corrected chi connectivity index (χ4v) is 3.02. The average molecular weight is 357 g/mol. The third kappa shape index (κ3) is 4.45. The first kappa shape index (κ1) is 17.2. The minimum absolute atomic E-state index is 0.0563. The van der Waals surface area contributed by atoms with E-state index in [0.717, 1.165) is 16.2 Å². The Balaban J connectivity index is 1.50. The van der Waals surface area contributed by atoms with Gasteiger partial charge in [0.05, 0.1) is 18.0 Å². The maximum absolute atomic E-state index is 12.1. The van der Waals surface area contributed by atoms with Crippen LogP contribution in [-0.2, 0) is 11.2 Å². The van der Waals surface area contributed by atoms with E-state index >= 15 is 0 Å². The van der Waals surface area contributed by atoms with E-state index in [1.54, 1.807) is 18.4 Å². The predicted octanol–water partition coefficient (Wildman–Crippen LogP) is 3.62. The van der Waals surface area contributed by atoms with Crippen LogP contribution in [0.15, 0.2) is 46.3 Å². The van der Waals surface area contributed by atoms with Gasteiger partial charge in [0.2, 0.25) is 17.6 Å². The van der Waals surface area contributed by atoms with Crippen LogP contribution in [0.5, 0.6) is 5.75 Å². The number of hydrogen-bond acceptors (Lipinski definition) is 6. The van der Waals surface area contributed by atoms with Crippen LogP contribution in [0, 0.1) is 0 Å². The van der Waals surface area contributed by atoms with Gasteiger partial charge in [0.15, 0.2) is 0 Å². The van der Waals surface area contributed by atoms with Crippen molar-refractivity contribution in [2.45, 2.75) is 25.8 Å². The number of rotatable bonds is 7. The molecule has 0 unspecified atom stereocenters. The first-order chi connectivity index (χ1) is 12.2. The van der Waals surface area contributed by atoms with Crippen LogP contribution >= 0.6 is 11.3 Å². The highest BCUT2D eigenvalue weighted by Crippen LogP contribution is 2.21. The standard InChI is InChI=1S/C18H19N3O3S/c1-12(13-5-7-14(23-2)8-6-13)19-16(22)9-10-17-20-18(21-24-17)15-4-3-11-25-15/h3-8,11-12H,9-10H2,1-2H3,(H,19,22)/t12-/m1/s1.